The van der Waals surface area contributed by atoms with Crippen molar-refractivity contribution in [2.45, 2.75) is 33.2 Å². The first kappa shape index (κ1) is 12.7. The van der Waals surface area contributed by atoms with Crippen LogP contribution < -0.4 is 11.1 Å². The number of carbonyl (C=O) groups excluding carboxylic acids is 1. The maximum atomic E-state index is 11.5. The van der Waals surface area contributed by atoms with Gasteiger partial charge < -0.3 is 11.1 Å². The third-order valence-electron chi connectivity index (χ3n) is 2.51. The third-order valence-corrected chi connectivity index (χ3v) is 2.51. The van der Waals surface area contributed by atoms with E-state index in [-0.39, 0.29) is 5.91 Å². The number of aromatic nitrogens is 2. The molecular formula is C11H20N4O. The van der Waals surface area contributed by atoms with Crippen LogP contribution in [0.4, 0.5) is 5.69 Å². The van der Waals surface area contributed by atoms with E-state index >= 15 is 0 Å². The van der Waals surface area contributed by atoms with Gasteiger partial charge in [0.15, 0.2) is 0 Å². The van der Waals surface area contributed by atoms with E-state index in [1.165, 1.54) is 0 Å². The highest BCUT2D eigenvalue weighted by Gasteiger charge is 2.06. The van der Waals surface area contributed by atoms with E-state index in [4.69, 9.17) is 5.73 Å². The number of aryl methyl sites for hydroxylation is 1. The van der Waals surface area contributed by atoms with Gasteiger partial charge in [0.25, 0.3) is 0 Å². The zero-order valence-corrected chi connectivity index (χ0v) is 9.94. The summed E-state index contributed by atoms with van der Waals surface area (Å²) in [5, 5.41) is 6.89. The van der Waals surface area contributed by atoms with Crippen LogP contribution in [0.3, 0.4) is 0 Å². The van der Waals surface area contributed by atoms with Crippen LogP contribution in [0, 0.1) is 5.92 Å². The van der Waals surface area contributed by atoms with Crippen molar-refractivity contribution < 1.29 is 4.79 Å². The van der Waals surface area contributed by atoms with Gasteiger partial charge in [-0.3, -0.25) is 9.48 Å². The van der Waals surface area contributed by atoms with Crippen molar-refractivity contribution in [1.29, 1.82) is 0 Å². The van der Waals surface area contributed by atoms with E-state index in [0.717, 1.165) is 18.7 Å². The molecule has 5 nitrogen and oxygen atoms in total. The molecule has 3 N–H and O–H groups in total. The number of anilines is 1. The second kappa shape index (κ2) is 6.27. The quantitative estimate of drug-likeness (QED) is 0.763. The molecule has 0 spiro atoms. The Balaban J connectivity index is 2.33. The van der Waals surface area contributed by atoms with Crippen molar-refractivity contribution in [2.75, 3.05) is 11.9 Å². The van der Waals surface area contributed by atoms with Gasteiger partial charge in [-0.2, -0.15) is 5.10 Å². The molecule has 0 saturated heterocycles. The molecule has 1 unspecified atom stereocenters. The van der Waals surface area contributed by atoms with Gasteiger partial charge >= 0.3 is 0 Å². The van der Waals surface area contributed by atoms with Crippen LogP contribution >= 0.6 is 0 Å². The number of hydrogen-bond donors (Lipinski definition) is 2. The molecule has 16 heavy (non-hydrogen) atoms. The van der Waals surface area contributed by atoms with Crippen LogP contribution in [-0.2, 0) is 11.3 Å². The molecule has 1 atom stereocenters. The Hall–Kier alpha value is -1.36. The minimum Gasteiger partial charge on any atom is -0.330 e. The summed E-state index contributed by atoms with van der Waals surface area (Å²) in [6.45, 7) is 5.48. The highest BCUT2D eigenvalue weighted by molar-refractivity contribution is 5.90. The maximum Gasteiger partial charge on any atom is 0.224 e. The van der Waals surface area contributed by atoms with Gasteiger partial charge in [0.2, 0.25) is 5.91 Å². The number of rotatable bonds is 6. The molecule has 1 aromatic rings. The lowest BCUT2D eigenvalue weighted by atomic mass is 10.1. The van der Waals surface area contributed by atoms with Crippen molar-refractivity contribution in [3.05, 3.63) is 12.4 Å². The van der Waals surface area contributed by atoms with Gasteiger partial charge in [-0.1, -0.05) is 6.92 Å². The van der Waals surface area contributed by atoms with Gasteiger partial charge in [-0.25, -0.2) is 0 Å². The summed E-state index contributed by atoms with van der Waals surface area (Å²) in [5.41, 5.74) is 6.24. The average Bonchev–Trinajstić information content (AvgIpc) is 2.73. The Morgan fingerprint density at radius 2 is 2.44 bits per heavy atom. The Morgan fingerprint density at radius 3 is 3.00 bits per heavy atom. The van der Waals surface area contributed by atoms with E-state index in [0.29, 0.717) is 18.9 Å². The third kappa shape index (κ3) is 4.02. The minimum absolute atomic E-state index is 0.0240. The van der Waals surface area contributed by atoms with E-state index in [9.17, 15) is 4.79 Å². The summed E-state index contributed by atoms with van der Waals surface area (Å²) in [7, 11) is 0. The molecule has 0 saturated carbocycles. The van der Waals surface area contributed by atoms with Crippen molar-refractivity contribution in [2.24, 2.45) is 11.7 Å². The van der Waals surface area contributed by atoms with E-state index in [2.05, 4.69) is 10.4 Å². The molecular weight excluding hydrogens is 204 g/mol. The molecule has 1 aromatic heterocycles. The molecule has 0 radical (unpaired) electrons. The molecule has 0 aromatic carbocycles. The fraction of sp³-hybridized carbons (Fsp3) is 0.636. The van der Waals surface area contributed by atoms with E-state index in [1.807, 2.05) is 20.0 Å². The largest absolute Gasteiger partial charge is 0.330 e. The van der Waals surface area contributed by atoms with Crippen LogP contribution in [0.25, 0.3) is 0 Å². The highest BCUT2D eigenvalue weighted by Crippen LogP contribution is 2.08. The Bertz CT molecular complexity index is 334. The second-order valence-electron chi connectivity index (χ2n) is 4.01. The fourth-order valence-corrected chi connectivity index (χ4v) is 1.32. The lowest BCUT2D eigenvalue weighted by Crippen LogP contribution is -2.16. The summed E-state index contributed by atoms with van der Waals surface area (Å²) in [4.78, 5) is 11.5. The SMILES string of the molecule is CCn1cc(NC(=O)CCC(C)CN)cn1. The second-order valence-corrected chi connectivity index (χ2v) is 4.01. The lowest BCUT2D eigenvalue weighted by molar-refractivity contribution is -0.116. The van der Waals surface area contributed by atoms with Crippen molar-refractivity contribution >= 4 is 11.6 Å². The van der Waals surface area contributed by atoms with Gasteiger partial charge in [0, 0.05) is 19.2 Å². The lowest BCUT2D eigenvalue weighted by Gasteiger charge is -2.07. The molecule has 90 valence electrons. The summed E-state index contributed by atoms with van der Waals surface area (Å²) >= 11 is 0. The molecule has 0 bridgehead atoms. The molecule has 0 fully saturated rings. The van der Waals surface area contributed by atoms with Crippen LogP contribution in [-0.4, -0.2) is 22.2 Å². The summed E-state index contributed by atoms with van der Waals surface area (Å²) in [6.07, 6.45) is 4.82. The Morgan fingerprint density at radius 1 is 1.69 bits per heavy atom. The highest BCUT2D eigenvalue weighted by atomic mass is 16.1. The zero-order valence-electron chi connectivity index (χ0n) is 9.94. The molecule has 0 aliphatic heterocycles. The standard InChI is InChI=1S/C11H20N4O/c1-3-15-8-10(7-13-15)14-11(16)5-4-9(2)6-12/h7-9H,3-6,12H2,1-2H3,(H,14,16). The van der Waals surface area contributed by atoms with Crippen LogP contribution in [0.15, 0.2) is 12.4 Å². The minimum atomic E-state index is 0.0240. The summed E-state index contributed by atoms with van der Waals surface area (Å²) in [6, 6.07) is 0. The Labute approximate surface area is 96.0 Å². The number of nitrogens with two attached hydrogens (primary N) is 1. The first-order valence-electron chi connectivity index (χ1n) is 5.68. The predicted molar refractivity (Wildman–Crippen MR) is 64.0 cm³/mol. The Kier molecular flexibility index (Phi) is 4.98. The van der Waals surface area contributed by atoms with Crippen LogP contribution in [0.5, 0.6) is 0 Å². The van der Waals surface area contributed by atoms with Crippen LogP contribution in [0.2, 0.25) is 0 Å². The van der Waals surface area contributed by atoms with Crippen molar-refractivity contribution in [3.8, 4) is 0 Å². The molecule has 0 aliphatic carbocycles. The summed E-state index contributed by atoms with van der Waals surface area (Å²) in [5.74, 6) is 0.417. The fourth-order valence-electron chi connectivity index (χ4n) is 1.32. The average molecular weight is 224 g/mol. The first-order valence-corrected chi connectivity index (χ1v) is 5.68. The van der Waals surface area contributed by atoms with Gasteiger partial charge in [0.1, 0.15) is 0 Å². The van der Waals surface area contributed by atoms with Crippen molar-refractivity contribution in [3.63, 3.8) is 0 Å². The zero-order chi connectivity index (χ0) is 12.0. The van der Waals surface area contributed by atoms with Gasteiger partial charge in [-0.15, -0.1) is 0 Å². The predicted octanol–water partition coefficient (Wildman–Crippen LogP) is 1.22. The number of amides is 1. The molecule has 1 amide bonds. The maximum absolute atomic E-state index is 11.5. The molecule has 1 heterocycles. The first-order chi connectivity index (χ1) is 7.65. The molecule has 1 rings (SSSR count). The normalized spacial score (nSPS) is 12.4. The molecule has 0 aliphatic rings. The monoisotopic (exact) mass is 224 g/mol. The number of carbonyl (C=O) groups is 1. The van der Waals surface area contributed by atoms with Crippen LogP contribution in [0.1, 0.15) is 26.7 Å². The van der Waals surface area contributed by atoms with Crippen molar-refractivity contribution in [1.82, 2.24) is 9.78 Å². The molecule has 5 heteroatoms. The van der Waals surface area contributed by atoms with E-state index < -0.39 is 0 Å². The summed E-state index contributed by atoms with van der Waals surface area (Å²) < 4.78 is 1.78. The van der Waals surface area contributed by atoms with Gasteiger partial charge in [-0.05, 0) is 25.8 Å². The van der Waals surface area contributed by atoms with Gasteiger partial charge in [0.05, 0.1) is 11.9 Å². The topological polar surface area (TPSA) is 72.9 Å². The van der Waals surface area contributed by atoms with E-state index in [1.54, 1.807) is 10.9 Å². The number of nitrogens with zero attached hydrogens (tertiary/aromatic N) is 2. The smallest absolute Gasteiger partial charge is 0.224 e. The number of nitrogens with one attached hydrogen (secondary N) is 1. The number of hydrogen-bond acceptors (Lipinski definition) is 3.